The molecule has 0 saturated heterocycles. The number of benzene rings is 1. The highest BCUT2D eigenvalue weighted by Crippen LogP contribution is 2.26. The molecule has 1 aromatic carbocycles. The molecule has 0 saturated carbocycles. The van der Waals surface area contributed by atoms with Gasteiger partial charge in [0.15, 0.2) is 0 Å². The van der Waals surface area contributed by atoms with Gasteiger partial charge in [-0.05, 0) is 35.4 Å². The van der Waals surface area contributed by atoms with E-state index in [1.54, 1.807) is 6.07 Å². The van der Waals surface area contributed by atoms with Crippen LogP contribution in [0.1, 0.15) is 31.2 Å². The lowest BCUT2D eigenvalue weighted by atomic mass is 9.92. The summed E-state index contributed by atoms with van der Waals surface area (Å²) in [5, 5.41) is 13.3. The normalized spacial score (nSPS) is 12.3. The Labute approximate surface area is 109 Å². The Morgan fingerprint density at radius 2 is 2.26 bits per heavy atom. The van der Waals surface area contributed by atoms with Gasteiger partial charge in [0.2, 0.25) is 11.7 Å². The van der Waals surface area contributed by atoms with Gasteiger partial charge < -0.3 is 5.73 Å². The molecule has 19 heavy (non-hydrogen) atoms. The summed E-state index contributed by atoms with van der Waals surface area (Å²) >= 11 is 0. The highest BCUT2D eigenvalue weighted by molar-refractivity contribution is 5.82. The first kappa shape index (κ1) is 13.1. The lowest BCUT2D eigenvalue weighted by molar-refractivity contribution is -0.119. The Bertz CT molecular complexity index is 570. The molecule has 0 fully saturated rings. The van der Waals surface area contributed by atoms with Crippen molar-refractivity contribution in [3.63, 3.8) is 0 Å². The summed E-state index contributed by atoms with van der Waals surface area (Å²) < 4.78 is 13.6. The van der Waals surface area contributed by atoms with Gasteiger partial charge in [0, 0.05) is 5.56 Å². The summed E-state index contributed by atoms with van der Waals surface area (Å²) in [6.45, 7) is 1.94. The van der Waals surface area contributed by atoms with Crippen LogP contribution in [0.3, 0.4) is 0 Å². The zero-order valence-corrected chi connectivity index (χ0v) is 10.4. The minimum atomic E-state index is -0.508. The second-order valence-electron chi connectivity index (χ2n) is 4.25. The van der Waals surface area contributed by atoms with Crippen molar-refractivity contribution < 1.29 is 9.18 Å². The zero-order valence-electron chi connectivity index (χ0n) is 10.4. The molecular formula is C12H14FN5O. The van der Waals surface area contributed by atoms with Crippen molar-refractivity contribution >= 4 is 5.91 Å². The van der Waals surface area contributed by atoms with Crippen LogP contribution in [0.25, 0.3) is 11.4 Å². The summed E-state index contributed by atoms with van der Waals surface area (Å²) in [5.74, 6) is -1.15. The quantitative estimate of drug-likeness (QED) is 0.851. The van der Waals surface area contributed by atoms with Crippen LogP contribution in [0.5, 0.6) is 0 Å². The highest BCUT2D eigenvalue weighted by Gasteiger charge is 2.19. The van der Waals surface area contributed by atoms with E-state index in [9.17, 15) is 9.18 Å². The molecule has 6 nitrogen and oxygen atoms in total. The second-order valence-corrected chi connectivity index (χ2v) is 4.25. The number of aromatic nitrogens is 4. The third kappa shape index (κ3) is 2.93. The van der Waals surface area contributed by atoms with Gasteiger partial charge in [-0.2, -0.15) is 5.21 Å². The van der Waals surface area contributed by atoms with E-state index < -0.39 is 17.6 Å². The van der Waals surface area contributed by atoms with Crippen molar-refractivity contribution in [2.45, 2.75) is 25.7 Å². The number of amides is 1. The van der Waals surface area contributed by atoms with E-state index in [1.807, 2.05) is 6.92 Å². The molecule has 0 aliphatic heterocycles. The molecule has 0 aliphatic carbocycles. The monoisotopic (exact) mass is 263 g/mol. The van der Waals surface area contributed by atoms with Gasteiger partial charge in [-0.3, -0.25) is 4.79 Å². The fraction of sp³-hybridized carbons (Fsp3) is 0.333. The van der Waals surface area contributed by atoms with E-state index >= 15 is 0 Å². The molecule has 7 heteroatoms. The topological polar surface area (TPSA) is 97.5 Å². The minimum Gasteiger partial charge on any atom is -0.369 e. The predicted molar refractivity (Wildman–Crippen MR) is 66.4 cm³/mol. The fourth-order valence-corrected chi connectivity index (χ4v) is 1.99. The first-order valence-electron chi connectivity index (χ1n) is 5.95. The number of nitrogens with two attached hydrogens (primary N) is 1. The van der Waals surface area contributed by atoms with Crippen LogP contribution in [0.2, 0.25) is 0 Å². The number of nitrogens with one attached hydrogen (secondary N) is 1. The molecule has 0 unspecified atom stereocenters. The zero-order chi connectivity index (χ0) is 13.8. The van der Waals surface area contributed by atoms with Gasteiger partial charge in [-0.25, -0.2) is 4.39 Å². The standard InChI is InChI=1S/C12H14FN5O/c1-2-3-10(11(14)19)7-4-8(6-9(13)5-7)12-15-17-18-16-12/h4-6,10H,2-3H2,1H3,(H2,14,19)(H,15,16,17,18)/t10-/m1/s1. The lowest BCUT2D eigenvalue weighted by Crippen LogP contribution is -2.21. The van der Waals surface area contributed by atoms with E-state index in [1.165, 1.54) is 12.1 Å². The predicted octanol–water partition coefficient (Wildman–Crippen LogP) is 1.37. The van der Waals surface area contributed by atoms with Gasteiger partial charge in [-0.1, -0.05) is 13.3 Å². The summed E-state index contributed by atoms with van der Waals surface area (Å²) in [4.78, 5) is 11.4. The number of primary amides is 1. The number of carbonyl (C=O) groups is 1. The van der Waals surface area contributed by atoms with E-state index in [-0.39, 0.29) is 5.82 Å². The molecule has 1 aromatic heterocycles. The fourth-order valence-electron chi connectivity index (χ4n) is 1.99. The Morgan fingerprint density at radius 1 is 1.47 bits per heavy atom. The third-order valence-electron chi connectivity index (χ3n) is 2.85. The van der Waals surface area contributed by atoms with Crippen LogP contribution in [-0.2, 0) is 4.79 Å². The molecule has 0 bridgehead atoms. The maximum absolute atomic E-state index is 13.6. The Hall–Kier alpha value is -2.31. The largest absolute Gasteiger partial charge is 0.369 e. The van der Waals surface area contributed by atoms with Crippen molar-refractivity contribution in [1.82, 2.24) is 20.6 Å². The van der Waals surface area contributed by atoms with Crippen LogP contribution >= 0.6 is 0 Å². The summed E-state index contributed by atoms with van der Waals surface area (Å²) in [5.41, 5.74) is 6.36. The van der Waals surface area contributed by atoms with Crippen LogP contribution in [-0.4, -0.2) is 26.5 Å². The first-order chi connectivity index (χ1) is 9.11. The minimum absolute atomic E-state index is 0.278. The van der Waals surface area contributed by atoms with Crippen molar-refractivity contribution in [2.75, 3.05) is 0 Å². The maximum Gasteiger partial charge on any atom is 0.224 e. The average molecular weight is 263 g/mol. The molecule has 1 heterocycles. The third-order valence-corrected chi connectivity index (χ3v) is 2.85. The molecule has 0 radical (unpaired) electrons. The van der Waals surface area contributed by atoms with E-state index in [0.29, 0.717) is 17.5 Å². The van der Waals surface area contributed by atoms with Crippen molar-refractivity contribution in [3.05, 3.63) is 29.6 Å². The van der Waals surface area contributed by atoms with E-state index in [2.05, 4.69) is 20.6 Å². The van der Waals surface area contributed by atoms with Gasteiger partial charge in [0.25, 0.3) is 0 Å². The number of tetrazole rings is 1. The molecular weight excluding hydrogens is 249 g/mol. The number of rotatable bonds is 5. The molecule has 100 valence electrons. The highest BCUT2D eigenvalue weighted by atomic mass is 19.1. The van der Waals surface area contributed by atoms with Crippen LogP contribution in [0.15, 0.2) is 18.2 Å². The van der Waals surface area contributed by atoms with E-state index in [0.717, 1.165) is 6.42 Å². The number of nitrogens with zero attached hydrogens (tertiary/aromatic N) is 3. The lowest BCUT2D eigenvalue weighted by Gasteiger charge is -2.13. The van der Waals surface area contributed by atoms with Crippen molar-refractivity contribution in [1.29, 1.82) is 0 Å². The van der Waals surface area contributed by atoms with Gasteiger partial charge >= 0.3 is 0 Å². The summed E-state index contributed by atoms with van der Waals surface area (Å²) in [6, 6.07) is 4.27. The molecule has 1 atom stereocenters. The Kier molecular flexibility index (Phi) is 3.84. The van der Waals surface area contributed by atoms with Gasteiger partial charge in [-0.15, -0.1) is 10.2 Å². The molecule has 2 aromatic rings. The van der Waals surface area contributed by atoms with E-state index in [4.69, 9.17) is 5.73 Å². The number of halogens is 1. The first-order valence-corrected chi connectivity index (χ1v) is 5.95. The molecule has 1 amide bonds. The van der Waals surface area contributed by atoms with Crippen molar-refractivity contribution in [3.8, 4) is 11.4 Å². The number of H-pyrrole nitrogens is 1. The second kappa shape index (κ2) is 5.55. The van der Waals surface area contributed by atoms with Crippen molar-refractivity contribution in [2.24, 2.45) is 5.73 Å². The molecule has 3 N–H and O–H groups in total. The SMILES string of the molecule is CCC[C@@H](C(N)=O)c1cc(F)cc(-c2nn[nH]n2)c1. The molecule has 0 aliphatic rings. The summed E-state index contributed by atoms with van der Waals surface area (Å²) in [7, 11) is 0. The maximum atomic E-state index is 13.6. The number of hydrogen-bond acceptors (Lipinski definition) is 4. The summed E-state index contributed by atoms with van der Waals surface area (Å²) in [6.07, 6.45) is 1.35. The Morgan fingerprint density at radius 3 is 2.84 bits per heavy atom. The smallest absolute Gasteiger partial charge is 0.224 e. The Balaban J connectivity index is 2.43. The van der Waals surface area contributed by atoms with Gasteiger partial charge in [0.1, 0.15) is 5.82 Å². The van der Waals surface area contributed by atoms with Crippen LogP contribution in [0, 0.1) is 5.82 Å². The number of aromatic amines is 1. The molecule has 0 spiro atoms. The average Bonchev–Trinajstić information content (AvgIpc) is 2.88. The molecule has 2 rings (SSSR count). The van der Waals surface area contributed by atoms with Gasteiger partial charge in [0.05, 0.1) is 5.92 Å². The number of carbonyl (C=O) groups excluding carboxylic acids is 1. The van der Waals surface area contributed by atoms with Crippen LogP contribution < -0.4 is 5.73 Å². The van der Waals surface area contributed by atoms with Crippen LogP contribution in [0.4, 0.5) is 4.39 Å². The number of hydrogen-bond donors (Lipinski definition) is 2.